The quantitative estimate of drug-likeness (QED) is 0.320. The van der Waals surface area contributed by atoms with Crippen LogP contribution < -0.4 is 10.6 Å². The first kappa shape index (κ1) is 26.0. The number of benzene rings is 2. The number of hydrogen-bond acceptors (Lipinski definition) is 7. The molecule has 1 atom stereocenters. The molecule has 0 aliphatic carbocycles. The molecule has 0 bridgehead atoms. The number of carbonyl (C=O) groups is 2. The molecule has 0 radical (unpaired) electrons. The van der Waals surface area contributed by atoms with E-state index in [-0.39, 0.29) is 28.7 Å². The summed E-state index contributed by atoms with van der Waals surface area (Å²) in [6, 6.07) is 20.1. The molecule has 1 amide bonds. The molecule has 4 rings (SSSR count). The first-order valence-corrected chi connectivity index (χ1v) is 11.7. The van der Waals surface area contributed by atoms with Gasteiger partial charge in [-0.15, -0.1) is 0 Å². The van der Waals surface area contributed by atoms with Crippen LogP contribution >= 0.6 is 0 Å². The van der Waals surface area contributed by atoms with Crippen LogP contribution in [0, 0.1) is 17.1 Å². The fraction of sp³-hybridized carbons (Fsp3) is 0.138. The van der Waals surface area contributed by atoms with Crippen molar-refractivity contribution in [3.05, 3.63) is 113 Å². The van der Waals surface area contributed by atoms with Gasteiger partial charge < -0.3 is 15.4 Å². The predicted molar refractivity (Wildman–Crippen MR) is 140 cm³/mol. The fourth-order valence-electron chi connectivity index (χ4n) is 3.74. The Balaban J connectivity index is 1.45. The molecule has 4 aromatic rings. The van der Waals surface area contributed by atoms with Gasteiger partial charge in [-0.25, -0.2) is 19.2 Å². The maximum atomic E-state index is 13.2. The molecule has 0 aliphatic rings. The lowest BCUT2D eigenvalue weighted by Crippen LogP contribution is -2.28. The number of rotatable bonds is 8. The number of amides is 1. The third-order valence-electron chi connectivity index (χ3n) is 5.88. The Morgan fingerprint density at radius 2 is 1.71 bits per heavy atom. The van der Waals surface area contributed by atoms with Crippen molar-refractivity contribution in [1.29, 1.82) is 5.26 Å². The molecule has 190 valence electrons. The number of hydrogen-bond donors (Lipinski definition) is 2. The minimum atomic E-state index is -0.493. The van der Waals surface area contributed by atoms with E-state index in [0.717, 1.165) is 22.3 Å². The molecule has 2 aromatic heterocycles. The van der Waals surface area contributed by atoms with Crippen molar-refractivity contribution in [3.8, 4) is 17.2 Å². The highest BCUT2D eigenvalue weighted by Gasteiger charge is 2.17. The molecule has 2 heterocycles. The van der Waals surface area contributed by atoms with Gasteiger partial charge in [0.1, 0.15) is 23.4 Å². The molecule has 38 heavy (non-hydrogen) atoms. The number of esters is 1. The van der Waals surface area contributed by atoms with Gasteiger partial charge >= 0.3 is 5.97 Å². The Morgan fingerprint density at radius 3 is 2.34 bits per heavy atom. The van der Waals surface area contributed by atoms with Crippen molar-refractivity contribution in [3.63, 3.8) is 0 Å². The predicted octanol–water partition coefficient (Wildman–Crippen LogP) is 5.04. The number of nitrogens with zero attached hydrogens (tertiary/aromatic N) is 3. The second-order valence-electron chi connectivity index (χ2n) is 8.45. The Kier molecular flexibility index (Phi) is 8.04. The zero-order chi connectivity index (χ0) is 27.1. The standard InChI is InChI=1S/C29H24FN5O3/c1-18(21-7-10-24(30)11-8-21)35-28(36)25-13-20(14-31)16-34-27(25)33-15-19-3-5-22(6-4-19)23-9-12-26(32-17-23)29(37)38-2/h3-13,16-18H,15H2,1-2H3,(H,33,34)(H,35,36). The average molecular weight is 510 g/mol. The van der Waals surface area contributed by atoms with Crippen molar-refractivity contribution in [2.75, 3.05) is 12.4 Å². The average Bonchev–Trinajstić information content (AvgIpc) is 2.96. The summed E-state index contributed by atoms with van der Waals surface area (Å²) in [7, 11) is 1.31. The van der Waals surface area contributed by atoms with Crippen LogP contribution in [-0.4, -0.2) is 29.0 Å². The highest BCUT2D eigenvalue weighted by molar-refractivity contribution is 5.99. The van der Waals surface area contributed by atoms with E-state index >= 15 is 0 Å². The molecule has 0 saturated heterocycles. The minimum absolute atomic E-state index is 0.228. The van der Waals surface area contributed by atoms with E-state index in [1.54, 1.807) is 37.4 Å². The van der Waals surface area contributed by atoms with E-state index < -0.39 is 11.9 Å². The topological polar surface area (TPSA) is 117 Å². The molecular weight excluding hydrogens is 485 g/mol. The number of aromatic nitrogens is 2. The van der Waals surface area contributed by atoms with E-state index in [0.29, 0.717) is 12.4 Å². The lowest BCUT2D eigenvalue weighted by molar-refractivity contribution is 0.0594. The number of carbonyl (C=O) groups excluding carboxylic acids is 2. The van der Waals surface area contributed by atoms with Gasteiger partial charge in [-0.05, 0) is 47.9 Å². The molecule has 0 saturated carbocycles. The molecule has 1 unspecified atom stereocenters. The van der Waals surface area contributed by atoms with Gasteiger partial charge in [0.05, 0.1) is 24.3 Å². The minimum Gasteiger partial charge on any atom is -0.464 e. The molecule has 9 heteroatoms. The smallest absolute Gasteiger partial charge is 0.356 e. The van der Waals surface area contributed by atoms with E-state index in [1.165, 1.54) is 31.5 Å². The van der Waals surface area contributed by atoms with Crippen molar-refractivity contribution in [2.45, 2.75) is 19.5 Å². The Morgan fingerprint density at radius 1 is 1.00 bits per heavy atom. The molecule has 0 fully saturated rings. The molecule has 8 nitrogen and oxygen atoms in total. The number of nitrogens with one attached hydrogen (secondary N) is 2. The van der Waals surface area contributed by atoms with Crippen molar-refractivity contribution in [2.24, 2.45) is 0 Å². The van der Waals surface area contributed by atoms with Gasteiger partial charge in [0, 0.05) is 24.5 Å². The number of anilines is 1. The Labute approximate surface area is 219 Å². The van der Waals surface area contributed by atoms with Crippen LogP contribution in [-0.2, 0) is 11.3 Å². The van der Waals surface area contributed by atoms with Crippen LogP contribution in [0.3, 0.4) is 0 Å². The maximum absolute atomic E-state index is 13.2. The van der Waals surface area contributed by atoms with Gasteiger partial charge in [0.2, 0.25) is 0 Å². The summed E-state index contributed by atoms with van der Waals surface area (Å²) in [5.41, 5.74) is 4.17. The van der Waals surface area contributed by atoms with E-state index in [9.17, 15) is 19.2 Å². The van der Waals surface area contributed by atoms with Crippen molar-refractivity contribution in [1.82, 2.24) is 15.3 Å². The van der Waals surface area contributed by atoms with Crippen LogP contribution in [0.2, 0.25) is 0 Å². The zero-order valence-corrected chi connectivity index (χ0v) is 20.7. The molecule has 0 spiro atoms. The monoisotopic (exact) mass is 509 g/mol. The second-order valence-corrected chi connectivity index (χ2v) is 8.45. The Hall–Kier alpha value is -5.10. The van der Waals surface area contributed by atoms with Crippen molar-refractivity contribution >= 4 is 17.7 Å². The summed E-state index contributed by atoms with van der Waals surface area (Å²) >= 11 is 0. The molecule has 2 aromatic carbocycles. The summed E-state index contributed by atoms with van der Waals surface area (Å²) in [6.45, 7) is 2.17. The molecule has 0 aliphatic heterocycles. The number of halogens is 1. The SMILES string of the molecule is COC(=O)c1ccc(-c2ccc(CNc3ncc(C#N)cc3C(=O)NC(C)c3ccc(F)cc3)cc2)cn1. The van der Waals surface area contributed by atoms with Gasteiger partial charge in [0.25, 0.3) is 5.91 Å². The van der Waals surface area contributed by atoms with E-state index in [4.69, 9.17) is 0 Å². The highest BCUT2D eigenvalue weighted by atomic mass is 19.1. The van der Waals surface area contributed by atoms with E-state index in [1.807, 2.05) is 30.3 Å². The molecule has 2 N–H and O–H groups in total. The number of nitriles is 1. The zero-order valence-electron chi connectivity index (χ0n) is 20.7. The maximum Gasteiger partial charge on any atom is 0.356 e. The van der Waals surface area contributed by atoms with E-state index in [2.05, 4.69) is 25.3 Å². The molecular formula is C29H24FN5O3. The Bertz CT molecular complexity index is 1480. The van der Waals surface area contributed by atoms with Gasteiger partial charge in [-0.2, -0.15) is 5.26 Å². The number of ether oxygens (including phenoxy) is 1. The number of methoxy groups -OCH3 is 1. The first-order valence-electron chi connectivity index (χ1n) is 11.7. The highest BCUT2D eigenvalue weighted by Crippen LogP contribution is 2.21. The summed E-state index contributed by atoms with van der Waals surface area (Å²) in [5, 5.41) is 15.3. The summed E-state index contributed by atoms with van der Waals surface area (Å²) in [6.07, 6.45) is 3.01. The van der Waals surface area contributed by atoms with Crippen LogP contribution in [0.5, 0.6) is 0 Å². The third kappa shape index (κ3) is 6.17. The lowest BCUT2D eigenvalue weighted by atomic mass is 10.1. The largest absolute Gasteiger partial charge is 0.464 e. The van der Waals surface area contributed by atoms with Crippen LogP contribution in [0.25, 0.3) is 11.1 Å². The summed E-state index contributed by atoms with van der Waals surface area (Å²) in [4.78, 5) is 33.1. The van der Waals surface area contributed by atoms with Gasteiger partial charge in [0.15, 0.2) is 0 Å². The third-order valence-corrected chi connectivity index (χ3v) is 5.88. The first-order chi connectivity index (χ1) is 18.4. The lowest BCUT2D eigenvalue weighted by Gasteiger charge is -2.16. The fourth-order valence-corrected chi connectivity index (χ4v) is 3.74. The summed E-state index contributed by atoms with van der Waals surface area (Å²) < 4.78 is 17.9. The second kappa shape index (κ2) is 11.8. The van der Waals surface area contributed by atoms with Crippen LogP contribution in [0.1, 0.15) is 50.5 Å². The van der Waals surface area contributed by atoms with Gasteiger partial charge in [-0.3, -0.25) is 4.79 Å². The number of pyridine rings is 2. The normalized spacial score (nSPS) is 11.2. The van der Waals surface area contributed by atoms with Crippen molar-refractivity contribution < 1.29 is 18.7 Å². The summed E-state index contributed by atoms with van der Waals surface area (Å²) in [5.74, 6) is -0.926. The van der Waals surface area contributed by atoms with Crippen LogP contribution in [0.15, 0.2) is 79.1 Å². The van der Waals surface area contributed by atoms with Gasteiger partial charge in [-0.1, -0.05) is 42.5 Å². The van der Waals surface area contributed by atoms with Crippen LogP contribution in [0.4, 0.5) is 10.2 Å².